The van der Waals surface area contributed by atoms with Gasteiger partial charge in [-0.15, -0.1) is 11.3 Å². The Hall–Kier alpha value is -2.53. The molecule has 9 nitrogen and oxygen atoms in total. The van der Waals surface area contributed by atoms with Crippen molar-refractivity contribution >= 4 is 34.0 Å². The fraction of sp³-hybridized carbons (Fsp3) is 0.577. The van der Waals surface area contributed by atoms with Gasteiger partial charge in [-0.05, 0) is 69.3 Å². The van der Waals surface area contributed by atoms with Crippen LogP contribution in [0.25, 0.3) is 0 Å². The van der Waals surface area contributed by atoms with Gasteiger partial charge in [0.2, 0.25) is 0 Å². The fourth-order valence-corrected chi connectivity index (χ4v) is 5.91. The number of likely N-dealkylation sites (tertiary alicyclic amines) is 1. The lowest BCUT2D eigenvalue weighted by Crippen LogP contribution is -2.39. The lowest BCUT2D eigenvalue weighted by molar-refractivity contribution is 0.0697. The van der Waals surface area contributed by atoms with Gasteiger partial charge >= 0.3 is 0 Å². The summed E-state index contributed by atoms with van der Waals surface area (Å²) in [5.74, 6) is -0.506. The minimum Gasteiger partial charge on any atom is -0.393 e. The quantitative estimate of drug-likeness (QED) is 0.523. The van der Waals surface area contributed by atoms with Crippen LogP contribution in [0.3, 0.4) is 0 Å². The van der Waals surface area contributed by atoms with Crippen LogP contribution in [0.1, 0.15) is 64.9 Å². The summed E-state index contributed by atoms with van der Waals surface area (Å²) in [7, 11) is 0. The number of benzene rings is 1. The Labute approximate surface area is 215 Å². The standard InChI is InChI=1S/C26H35N5O4S/c32-20-5-11-31(12-6-20)26-29-23(17-36-26)25(34)28-22-4-3-18(16-30-9-1-2-10-30)15-21(22)24(33)27-19-7-13-35-14-8-19/h3-4,15,17,19-20,32H,1-2,5-14,16H2,(H,27,33)(H,28,34). The van der Waals surface area contributed by atoms with E-state index in [1.54, 1.807) is 5.38 Å². The average molecular weight is 514 g/mol. The second kappa shape index (κ2) is 11.7. The number of nitrogens with zero attached hydrogens (tertiary/aromatic N) is 3. The number of piperidine rings is 1. The Morgan fingerprint density at radius 2 is 1.81 bits per heavy atom. The van der Waals surface area contributed by atoms with Gasteiger partial charge in [-0.1, -0.05) is 6.07 Å². The second-order valence-electron chi connectivity index (χ2n) is 9.91. The van der Waals surface area contributed by atoms with Crippen LogP contribution in [0.15, 0.2) is 23.6 Å². The molecule has 3 N–H and O–H groups in total. The molecule has 3 aliphatic rings. The summed E-state index contributed by atoms with van der Waals surface area (Å²) < 4.78 is 5.42. The molecule has 0 atom stereocenters. The predicted molar refractivity (Wildman–Crippen MR) is 140 cm³/mol. The first-order chi connectivity index (χ1) is 17.5. The number of ether oxygens (including phenoxy) is 1. The van der Waals surface area contributed by atoms with Crippen LogP contribution in [0.4, 0.5) is 10.8 Å². The summed E-state index contributed by atoms with van der Waals surface area (Å²) in [4.78, 5) is 35.5. The average Bonchev–Trinajstić information content (AvgIpc) is 3.59. The van der Waals surface area contributed by atoms with Crippen LogP contribution in [0, 0.1) is 0 Å². The predicted octanol–water partition coefficient (Wildman–Crippen LogP) is 2.86. The van der Waals surface area contributed by atoms with Gasteiger partial charge in [0.05, 0.1) is 17.4 Å². The molecule has 0 spiro atoms. The van der Waals surface area contributed by atoms with Crippen molar-refractivity contribution in [3.8, 4) is 0 Å². The van der Waals surface area contributed by atoms with E-state index in [1.807, 2.05) is 18.2 Å². The molecule has 1 aromatic carbocycles. The number of carbonyl (C=O) groups excluding carboxylic acids is 2. The van der Waals surface area contributed by atoms with E-state index < -0.39 is 0 Å². The van der Waals surface area contributed by atoms with E-state index in [9.17, 15) is 14.7 Å². The number of hydrogen-bond donors (Lipinski definition) is 3. The first kappa shape index (κ1) is 25.1. The third-order valence-corrected chi connectivity index (χ3v) is 8.10. The highest BCUT2D eigenvalue weighted by Gasteiger charge is 2.24. The number of aliphatic hydroxyl groups is 1. The molecule has 10 heteroatoms. The smallest absolute Gasteiger partial charge is 0.275 e. The van der Waals surface area contributed by atoms with Gasteiger partial charge in [0.1, 0.15) is 5.69 Å². The first-order valence-electron chi connectivity index (χ1n) is 13.0. The Kier molecular flexibility index (Phi) is 8.15. The number of aromatic nitrogens is 1. The maximum Gasteiger partial charge on any atom is 0.275 e. The number of hydrogen-bond acceptors (Lipinski definition) is 8. The highest BCUT2D eigenvalue weighted by molar-refractivity contribution is 7.14. The van der Waals surface area contributed by atoms with E-state index in [1.165, 1.54) is 24.2 Å². The molecule has 0 radical (unpaired) electrons. The van der Waals surface area contributed by atoms with Crippen LogP contribution >= 0.6 is 11.3 Å². The Balaban J connectivity index is 1.31. The van der Waals surface area contributed by atoms with Crippen LogP contribution in [-0.2, 0) is 11.3 Å². The van der Waals surface area contributed by atoms with Crippen molar-refractivity contribution < 1.29 is 19.4 Å². The van der Waals surface area contributed by atoms with Crippen molar-refractivity contribution in [1.82, 2.24) is 15.2 Å². The van der Waals surface area contributed by atoms with E-state index in [2.05, 4.69) is 25.4 Å². The SMILES string of the molecule is O=C(Nc1ccc(CN2CCCC2)cc1C(=O)NC1CCOCC1)c1csc(N2CCC(O)CC2)n1. The third kappa shape index (κ3) is 6.23. The number of nitrogens with one attached hydrogen (secondary N) is 2. The fourth-order valence-electron chi connectivity index (χ4n) is 5.05. The summed E-state index contributed by atoms with van der Waals surface area (Å²) in [6, 6.07) is 5.81. The van der Waals surface area contributed by atoms with Gasteiger partial charge in [0.25, 0.3) is 11.8 Å². The maximum absolute atomic E-state index is 13.3. The Bertz CT molecular complexity index is 1060. The highest BCUT2D eigenvalue weighted by Crippen LogP contribution is 2.26. The molecular formula is C26H35N5O4S. The number of thiazole rings is 1. The molecule has 1 aromatic heterocycles. The number of aliphatic hydroxyl groups excluding tert-OH is 1. The van der Waals surface area contributed by atoms with Crippen molar-refractivity contribution in [3.63, 3.8) is 0 Å². The molecular weight excluding hydrogens is 478 g/mol. The van der Waals surface area contributed by atoms with E-state index >= 15 is 0 Å². The van der Waals surface area contributed by atoms with Crippen molar-refractivity contribution in [2.45, 2.75) is 57.2 Å². The van der Waals surface area contributed by atoms with Crippen molar-refractivity contribution in [1.29, 1.82) is 0 Å². The molecule has 5 rings (SSSR count). The van der Waals surface area contributed by atoms with E-state index in [0.717, 1.165) is 56.3 Å². The van der Waals surface area contributed by atoms with Gasteiger partial charge < -0.3 is 25.4 Å². The zero-order chi connectivity index (χ0) is 24.9. The zero-order valence-electron chi connectivity index (χ0n) is 20.6. The highest BCUT2D eigenvalue weighted by atomic mass is 32.1. The molecule has 2 aromatic rings. The molecule has 0 unspecified atom stereocenters. The molecule has 0 aliphatic carbocycles. The van der Waals surface area contributed by atoms with E-state index in [-0.39, 0.29) is 24.0 Å². The van der Waals surface area contributed by atoms with Crippen molar-refractivity contribution in [3.05, 3.63) is 40.4 Å². The molecule has 4 heterocycles. The van der Waals surface area contributed by atoms with Crippen LogP contribution < -0.4 is 15.5 Å². The summed E-state index contributed by atoms with van der Waals surface area (Å²) in [6.07, 6.45) is 5.14. The Morgan fingerprint density at radius 1 is 1.06 bits per heavy atom. The van der Waals surface area contributed by atoms with E-state index in [0.29, 0.717) is 43.0 Å². The largest absolute Gasteiger partial charge is 0.393 e. The van der Waals surface area contributed by atoms with Crippen LogP contribution in [0.5, 0.6) is 0 Å². The zero-order valence-corrected chi connectivity index (χ0v) is 21.4. The van der Waals surface area contributed by atoms with Crippen LogP contribution in [-0.4, -0.2) is 78.3 Å². The monoisotopic (exact) mass is 513 g/mol. The third-order valence-electron chi connectivity index (χ3n) is 7.20. The molecule has 3 saturated heterocycles. The number of anilines is 2. The minimum atomic E-state index is -0.332. The molecule has 3 fully saturated rings. The maximum atomic E-state index is 13.3. The Morgan fingerprint density at radius 3 is 2.56 bits per heavy atom. The van der Waals surface area contributed by atoms with E-state index in [4.69, 9.17) is 4.74 Å². The molecule has 194 valence electrons. The van der Waals surface area contributed by atoms with Gasteiger partial charge in [0, 0.05) is 44.3 Å². The minimum absolute atomic E-state index is 0.0706. The number of rotatable bonds is 7. The van der Waals surface area contributed by atoms with Crippen molar-refractivity contribution in [2.24, 2.45) is 0 Å². The summed E-state index contributed by atoms with van der Waals surface area (Å²) in [5.41, 5.74) is 2.37. The molecule has 2 amide bonds. The molecule has 0 saturated carbocycles. The van der Waals surface area contributed by atoms with Gasteiger partial charge in [0.15, 0.2) is 5.13 Å². The van der Waals surface area contributed by atoms with Gasteiger partial charge in [-0.3, -0.25) is 14.5 Å². The summed E-state index contributed by atoms with van der Waals surface area (Å²) in [5, 5.41) is 18.4. The normalized spacial score (nSPS) is 20.0. The lowest BCUT2D eigenvalue weighted by atomic mass is 10.0. The molecule has 0 bridgehead atoms. The second-order valence-corrected chi connectivity index (χ2v) is 10.7. The number of carbonyl (C=O) groups is 2. The van der Waals surface area contributed by atoms with Gasteiger partial charge in [-0.25, -0.2) is 4.98 Å². The molecule has 36 heavy (non-hydrogen) atoms. The first-order valence-corrected chi connectivity index (χ1v) is 13.9. The topological polar surface area (TPSA) is 107 Å². The lowest BCUT2D eigenvalue weighted by Gasteiger charge is -2.29. The van der Waals surface area contributed by atoms with Gasteiger partial charge in [-0.2, -0.15) is 0 Å². The summed E-state index contributed by atoms with van der Waals surface area (Å²) >= 11 is 1.43. The van der Waals surface area contributed by atoms with Crippen molar-refractivity contribution in [2.75, 3.05) is 49.6 Å². The van der Waals surface area contributed by atoms with Crippen LogP contribution in [0.2, 0.25) is 0 Å². The summed E-state index contributed by atoms with van der Waals surface area (Å²) in [6.45, 7) is 5.69. The molecule has 3 aliphatic heterocycles. The number of amides is 2.